The Labute approximate surface area is 194 Å². The van der Waals surface area contributed by atoms with Crippen LogP contribution in [0.3, 0.4) is 0 Å². The van der Waals surface area contributed by atoms with Crippen LogP contribution in [0, 0.1) is 0 Å². The van der Waals surface area contributed by atoms with E-state index in [0.717, 1.165) is 22.7 Å². The van der Waals surface area contributed by atoms with Gasteiger partial charge in [0.25, 0.3) is 10.1 Å². The minimum atomic E-state index is -4.53. The maximum atomic E-state index is 11.9. The molecule has 0 amide bonds. The minimum absolute atomic E-state index is 0.0745. The Morgan fingerprint density at radius 1 is 0.853 bits per heavy atom. The Kier molecular flexibility index (Phi) is 5.40. The first-order valence-electron chi connectivity index (χ1n) is 10.3. The fraction of sp³-hybridized carbons (Fsp3) is 0. The zero-order chi connectivity index (χ0) is 23.7. The van der Waals surface area contributed by atoms with Crippen molar-refractivity contribution < 1.29 is 18.1 Å². The van der Waals surface area contributed by atoms with Crippen LogP contribution in [-0.4, -0.2) is 28.0 Å². The second kappa shape index (κ2) is 8.54. The summed E-state index contributed by atoms with van der Waals surface area (Å²) in [4.78, 5) is 7.39. The molecule has 0 spiro atoms. The highest BCUT2D eigenvalue weighted by Crippen LogP contribution is 2.39. The van der Waals surface area contributed by atoms with Crippen LogP contribution in [0.15, 0.2) is 94.0 Å². The third kappa shape index (κ3) is 4.29. The molecule has 0 fully saturated rings. The SMILES string of the molecule is O=S(=O)(O)c1cc(N=Nc2cccc(/C=C/c3nc4ccccc4[nH]3)c2)c(O)c2ccccc12. The van der Waals surface area contributed by atoms with E-state index in [2.05, 4.69) is 20.2 Å². The quantitative estimate of drug-likeness (QED) is 0.206. The number of benzene rings is 4. The predicted molar refractivity (Wildman–Crippen MR) is 131 cm³/mol. The van der Waals surface area contributed by atoms with E-state index in [-0.39, 0.29) is 27.1 Å². The average molecular weight is 471 g/mol. The van der Waals surface area contributed by atoms with Crippen molar-refractivity contribution in [3.8, 4) is 5.75 Å². The molecule has 8 nitrogen and oxygen atoms in total. The lowest BCUT2D eigenvalue weighted by molar-refractivity contribution is 0.480. The van der Waals surface area contributed by atoms with E-state index in [1.54, 1.807) is 36.4 Å². The number of aromatic nitrogens is 2. The van der Waals surface area contributed by atoms with E-state index in [0.29, 0.717) is 11.5 Å². The van der Waals surface area contributed by atoms with Gasteiger partial charge in [-0.2, -0.15) is 13.5 Å². The number of H-pyrrole nitrogens is 1. The van der Waals surface area contributed by atoms with Crippen molar-refractivity contribution in [3.63, 3.8) is 0 Å². The summed E-state index contributed by atoms with van der Waals surface area (Å²) < 4.78 is 33.3. The number of imidazole rings is 1. The van der Waals surface area contributed by atoms with Gasteiger partial charge in [0.15, 0.2) is 5.75 Å². The van der Waals surface area contributed by atoms with Gasteiger partial charge < -0.3 is 10.1 Å². The highest BCUT2D eigenvalue weighted by atomic mass is 32.2. The molecule has 0 aliphatic rings. The number of phenols is 1. The van der Waals surface area contributed by atoms with E-state index in [9.17, 15) is 18.1 Å². The van der Waals surface area contributed by atoms with Gasteiger partial charge in [0.05, 0.1) is 16.7 Å². The molecule has 0 saturated carbocycles. The second-order valence-corrected chi connectivity index (χ2v) is 8.92. The summed E-state index contributed by atoms with van der Waals surface area (Å²) in [5, 5.41) is 19.2. The van der Waals surface area contributed by atoms with Crippen LogP contribution in [0.4, 0.5) is 11.4 Å². The highest BCUT2D eigenvalue weighted by Gasteiger charge is 2.19. The number of hydrogen-bond acceptors (Lipinski definition) is 6. The molecular weight excluding hydrogens is 452 g/mol. The zero-order valence-corrected chi connectivity index (χ0v) is 18.4. The number of nitrogens with one attached hydrogen (secondary N) is 1. The van der Waals surface area contributed by atoms with Gasteiger partial charge in [-0.05, 0) is 42.0 Å². The molecule has 1 aromatic heterocycles. The number of aromatic amines is 1. The van der Waals surface area contributed by atoms with Crippen molar-refractivity contribution in [2.24, 2.45) is 10.2 Å². The first kappa shape index (κ1) is 21.5. The normalized spacial score (nSPS) is 12.4. The monoisotopic (exact) mass is 470 g/mol. The molecule has 5 rings (SSSR count). The number of para-hydroxylation sites is 2. The van der Waals surface area contributed by atoms with Crippen molar-refractivity contribution in [3.05, 3.63) is 90.3 Å². The van der Waals surface area contributed by atoms with Crippen molar-refractivity contribution >= 4 is 55.5 Å². The van der Waals surface area contributed by atoms with Crippen LogP contribution in [0.1, 0.15) is 11.4 Å². The van der Waals surface area contributed by atoms with Crippen molar-refractivity contribution in [1.29, 1.82) is 0 Å². The number of nitrogens with zero attached hydrogens (tertiary/aromatic N) is 3. The van der Waals surface area contributed by atoms with Crippen LogP contribution in [-0.2, 0) is 10.1 Å². The molecule has 0 bridgehead atoms. The highest BCUT2D eigenvalue weighted by molar-refractivity contribution is 7.86. The van der Waals surface area contributed by atoms with E-state index < -0.39 is 10.1 Å². The molecule has 168 valence electrons. The molecule has 0 radical (unpaired) electrons. The predicted octanol–water partition coefficient (Wildman–Crippen LogP) is 6.25. The summed E-state index contributed by atoms with van der Waals surface area (Å²) in [7, 11) is -4.53. The summed E-state index contributed by atoms with van der Waals surface area (Å²) >= 11 is 0. The van der Waals surface area contributed by atoms with E-state index >= 15 is 0 Å². The number of phenolic OH excluding ortho intramolecular Hbond substituents is 1. The summed E-state index contributed by atoms with van der Waals surface area (Å²) in [5.74, 6) is 0.486. The first-order valence-corrected chi connectivity index (χ1v) is 11.7. The third-order valence-corrected chi connectivity index (χ3v) is 6.11. The Hall–Kier alpha value is -4.34. The Balaban J connectivity index is 1.46. The number of azo groups is 1. The number of fused-ring (bicyclic) bond motifs is 2. The van der Waals surface area contributed by atoms with E-state index in [4.69, 9.17) is 0 Å². The van der Waals surface area contributed by atoms with Gasteiger partial charge in [-0.15, -0.1) is 5.11 Å². The molecule has 34 heavy (non-hydrogen) atoms. The lowest BCUT2D eigenvalue weighted by Gasteiger charge is -2.08. The van der Waals surface area contributed by atoms with E-state index in [1.807, 2.05) is 42.5 Å². The Morgan fingerprint density at radius 2 is 1.62 bits per heavy atom. The van der Waals surface area contributed by atoms with E-state index in [1.165, 1.54) is 6.07 Å². The molecule has 0 saturated heterocycles. The average Bonchev–Trinajstić information content (AvgIpc) is 3.25. The third-order valence-electron chi connectivity index (χ3n) is 5.22. The van der Waals surface area contributed by atoms with Gasteiger partial charge in [0, 0.05) is 10.8 Å². The van der Waals surface area contributed by atoms with Gasteiger partial charge in [0.1, 0.15) is 16.4 Å². The standard InChI is InChI=1S/C25H18N4O4S/c30-25-19-9-2-1-8-18(19)23(34(31,32)33)15-22(25)29-28-17-7-5-6-16(14-17)12-13-24-26-20-10-3-4-11-21(20)27-24/h1-15,30H,(H,26,27)(H,31,32,33)/b13-12+,29-28?. The molecule has 3 N–H and O–H groups in total. The first-order chi connectivity index (χ1) is 16.4. The van der Waals surface area contributed by atoms with Gasteiger partial charge in [-0.1, -0.05) is 54.6 Å². The lowest BCUT2D eigenvalue weighted by Crippen LogP contribution is -1.99. The van der Waals surface area contributed by atoms with Crippen molar-refractivity contribution in [1.82, 2.24) is 9.97 Å². The fourth-order valence-corrected chi connectivity index (χ4v) is 4.35. The molecule has 1 heterocycles. The zero-order valence-electron chi connectivity index (χ0n) is 17.6. The summed E-state index contributed by atoms with van der Waals surface area (Å²) in [6.45, 7) is 0. The number of aromatic hydroxyl groups is 1. The van der Waals surface area contributed by atoms with Crippen molar-refractivity contribution in [2.75, 3.05) is 0 Å². The lowest BCUT2D eigenvalue weighted by atomic mass is 10.1. The van der Waals surface area contributed by atoms with Gasteiger partial charge in [0.2, 0.25) is 0 Å². The Morgan fingerprint density at radius 3 is 2.41 bits per heavy atom. The Bertz CT molecular complexity index is 1670. The van der Waals surface area contributed by atoms with Gasteiger partial charge >= 0.3 is 0 Å². The molecule has 0 unspecified atom stereocenters. The fourth-order valence-electron chi connectivity index (χ4n) is 3.63. The van der Waals surface area contributed by atoms with Crippen LogP contribution in [0.2, 0.25) is 0 Å². The molecule has 5 aromatic rings. The maximum absolute atomic E-state index is 11.9. The molecule has 0 aliphatic heterocycles. The summed E-state index contributed by atoms with van der Waals surface area (Å²) in [6, 6.07) is 22.4. The summed E-state index contributed by atoms with van der Waals surface area (Å²) in [6.07, 6.45) is 3.73. The number of hydrogen-bond donors (Lipinski definition) is 3. The number of rotatable bonds is 5. The van der Waals surface area contributed by atoms with Gasteiger partial charge in [-0.3, -0.25) is 4.55 Å². The molecule has 9 heteroatoms. The largest absolute Gasteiger partial charge is 0.505 e. The maximum Gasteiger partial charge on any atom is 0.295 e. The van der Waals surface area contributed by atoms with Crippen molar-refractivity contribution in [2.45, 2.75) is 4.90 Å². The van der Waals surface area contributed by atoms with Crippen LogP contribution >= 0.6 is 0 Å². The van der Waals surface area contributed by atoms with Crippen LogP contribution < -0.4 is 0 Å². The molecular formula is C25H18N4O4S. The molecule has 0 atom stereocenters. The molecule has 4 aromatic carbocycles. The smallest absolute Gasteiger partial charge is 0.295 e. The van der Waals surface area contributed by atoms with Crippen LogP contribution in [0.5, 0.6) is 5.75 Å². The minimum Gasteiger partial charge on any atom is -0.505 e. The summed E-state index contributed by atoms with van der Waals surface area (Å²) in [5.41, 5.74) is 3.09. The topological polar surface area (TPSA) is 128 Å². The van der Waals surface area contributed by atoms with Gasteiger partial charge in [-0.25, -0.2) is 4.98 Å². The van der Waals surface area contributed by atoms with Crippen LogP contribution in [0.25, 0.3) is 34.0 Å². The second-order valence-electron chi connectivity index (χ2n) is 7.53. The molecule has 0 aliphatic carbocycles.